The van der Waals surface area contributed by atoms with Gasteiger partial charge in [-0.15, -0.1) is 0 Å². The van der Waals surface area contributed by atoms with Crippen LogP contribution >= 0.6 is 0 Å². The zero-order chi connectivity index (χ0) is 14.8. The first-order chi connectivity index (χ1) is 9.46. The Balaban J connectivity index is 2.33. The standard InChI is InChI=1S/C14H17N3O2S/c1-3-4-7-20(18,19)17-11-5-6-13-12(8-11)10(2)14(9-15)16-13/h5-6,8,16-17H,3-4,7H2,1-2H3. The van der Waals surface area contributed by atoms with Gasteiger partial charge in [-0.1, -0.05) is 13.3 Å². The summed E-state index contributed by atoms with van der Waals surface area (Å²) in [5.74, 6) is 0.122. The van der Waals surface area contributed by atoms with E-state index in [9.17, 15) is 8.42 Å². The van der Waals surface area contributed by atoms with Crippen LogP contribution in [0, 0.1) is 18.3 Å². The highest BCUT2D eigenvalue weighted by Crippen LogP contribution is 2.25. The van der Waals surface area contributed by atoms with Crippen LogP contribution in [-0.4, -0.2) is 19.2 Å². The molecule has 2 rings (SSSR count). The predicted octanol–water partition coefficient (Wildman–Crippen LogP) is 2.89. The van der Waals surface area contributed by atoms with E-state index in [0.29, 0.717) is 17.8 Å². The lowest BCUT2D eigenvalue weighted by Crippen LogP contribution is -2.16. The zero-order valence-corrected chi connectivity index (χ0v) is 12.3. The van der Waals surface area contributed by atoms with Crippen LogP contribution in [0.3, 0.4) is 0 Å². The number of nitrogens with one attached hydrogen (secondary N) is 2. The van der Waals surface area contributed by atoms with Gasteiger partial charge in [0, 0.05) is 16.6 Å². The molecule has 0 saturated carbocycles. The quantitative estimate of drug-likeness (QED) is 0.888. The molecule has 0 aliphatic carbocycles. The van der Waals surface area contributed by atoms with E-state index in [1.165, 1.54) is 0 Å². The van der Waals surface area contributed by atoms with E-state index in [-0.39, 0.29) is 5.75 Å². The largest absolute Gasteiger partial charge is 0.346 e. The first kappa shape index (κ1) is 14.4. The summed E-state index contributed by atoms with van der Waals surface area (Å²) in [6, 6.07) is 7.32. The fourth-order valence-electron chi connectivity index (χ4n) is 2.07. The fraction of sp³-hybridized carbons (Fsp3) is 0.357. The topological polar surface area (TPSA) is 85.8 Å². The summed E-state index contributed by atoms with van der Waals surface area (Å²) in [6.45, 7) is 3.79. The van der Waals surface area contributed by atoms with Gasteiger partial charge in [-0.05, 0) is 37.1 Å². The molecule has 1 heterocycles. The molecule has 0 unspecified atom stereocenters. The molecule has 0 spiro atoms. The van der Waals surface area contributed by atoms with Gasteiger partial charge >= 0.3 is 0 Å². The summed E-state index contributed by atoms with van der Waals surface area (Å²) in [4.78, 5) is 3.00. The molecule has 0 aliphatic rings. The third-order valence-electron chi connectivity index (χ3n) is 3.21. The average Bonchev–Trinajstić information content (AvgIpc) is 2.73. The van der Waals surface area contributed by atoms with E-state index in [2.05, 4.69) is 15.8 Å². The predicted molar refractivity (Wildman–Crippen MR) is 80.1 cm³/mol. The number of hydrogen-bond acceptors (Lipinski definition) is 3. The summed E-state index contributed by atoms with van der Waals surface area (Å²) >= 11 is 0. The first-order valence-corrected chi connectivity index (χ1v) is 8.15. The summed E-state index contributed by atoms with van der Waals surface area (Å²) in [7, 11) is -3.30. The molecule has 20 heavy (non-hydrogen) atoms. The number of nitrogens with zero attached hydrogens (tertiary/aromatic N) is 1. The Morgan fingerprint density at radius 3 is 2.80 bits per heavy atom. The van der Waals surface area contributed by atoms with Gasteiger partial charge in [0.2, 0.25) is 10.0 Å². The molecule has 0 aliphatic heterocycles. The molecule has 0 radical (unpaired) electrons. The van der Waals surface area contributed by atoms with E-state index < -0.39 is 10.0 Å². The SMILES string of the molecule is CCCCS(=O)(=O)Nc1ccc2[nH]c(C#N)c(C)c2c1. The molecule has 1 aromatic heterocycles. The second-order valence-corrected chi connectivity index (χ2v) is 6.61. The Morgan fingerprint density at radius 2 is 2.15 bits per heavy atom. The highest BCUT2D eigenvalue weighted by Gasteiger charge is 2.12. The van der Waals surface area contributed by atoms with E-state index in [4.69, 9.17) is 5.26 Å². The second-order valence-electron chi connectivity index (χ2n) is 4.77. The van der Waals surface area contributed by atoms with Crippen molar-refractivity contribution < 1.29 is 8.42 Å². The number of hydrogen-bond donors (Lipinski definition) is 2. The van der Waals surface area contributed by atoms with E-state index in [1.54, 1.807) is 18.2 Å². The first-order valence-electron chi connectivity index (χ1n) is 6.49. The van der Waals surface area contributed by atoms with Crippen molar-refractivity contribution in [3.63, 3.8) is 0 Å². The Bertz CT molecular complexity index is 770. The maximum atomic E-state index is 11.9. The van der Waals surface area contributed by atoms with Crippen molar-refractivity contribution in [1.82, 2.24) is 4.98 Å². The molecule has 0 amide bonds. The van der Waals surface area contributed by atoms with Gasteiger partial charge in [0.05, 0.1) is 5.75 Å². The summed E-state index contributed by atoms with van der Waals surface area (Å²) < 4.78 is 26.3. The van der Waals surface area contributed by atoms with Gasteiger partial charge in [0.25, 0.3) is 0 Å². The molecule has 0 atom stereocenters. The lowest BCUT2D eigenvalue weighted by molar-refractivity contribution is 0.598. The molecule has 106 valence electrons. The normalized spacial score (nSPS) is 11.4. The third kappa shape index (κ3) is 2.94. The van der Waals surface area contributed by atoms with E-state index >= 15 is 0 Å². The Morgan fingerprint density at radius 1 is 1.40 bits per heavy atom. The van der Waals surface area contributed by atoms with Crippen molar-refractivity contribution in [2.24, 2.45) is 0 Å². The van der Waals surface area contributed by atoms with Crippen LogP contribution in [0.4, 0.5) is 5.69 Å². The van der Waals surface area contributed by atoms with Crippen molar-refractivity contribution in [2.75, 3.05) is 10.5 Å². The van der Waals surface area contributed by atoms with Gasteiger partial charge in [-0.25, -0.2) is 8.42 Å². The van der Waals surface area contributed by atoms with E-state index in [0.717, 1.165) is 22.9 Å². The molecular formula is C14H17N3O2S. The summed E-state index contributed by atoms with van der Waals surface area (Å²) in [5, 5.41) is 9.84. The minimum absolute atomic E-state index is 0.122. The van der Waals surface area contributed by atoms with Crippen molar-refractivity contribution in [3.05, 3.63) is 29.5 Å². The molecule has 0 fully saturated rings. The van der Waals surface area contributed by atoms with Crippen LogP contribution in [0.15, 0.2) is 18.2 Å². The number of rotatable bonds is 5. The molecule has 6 heteroatoms. The average molecular weight is 291 g/mol. The number of sulfonamides is 1. The van der Waals surface area contributed by atoms with E-state index in [1.807, 2.05) is 13.8 Å². The molecule has 2 aromatic rings. The number of anilines is 1. The van der Waals surface area contributed by atoms with Crippen LogP contribution in [0.5, 0.6) is 0 Å². The maximum absolute atomic E-state index is 11.9. The monoisotopic (exact) mass is 291 g/mol. The number of H-pyrrole nitrogens is 1. The second kappa shape index (κ2) is 5.55. The smallest absolute Gasteiger partial charge is 0.232 e. The number of aromatic amines is 1. The number of aryl methyl sites for hydroxylation is 1. The fourth-order valence-corrected chi connectivity index (χ4v) is 3.32. The molecule has 0 bridgehead atoms. The molecule has 1 aromatic carbocycles. The Labute approximate surface area is 118 Å². The van der Waals surface area contributed by atoms with Crippen molar-refractivity contribution in [2.45, 2.75) is 26.7 Å². The maximum Gasteiger partial charge on any atom is 0.232 e. The van der Waals surface area contributed by atoms with Crippen LogP contribution < -0.4 is 4.72 Å². The van der Waals surface area contributed by atoms with Crippen LogP contribution in [-0.2, 0) is 10.0 Å². The van der Waals surface area contributed by atoms with Gasteiger partial charge in [-0.2, -0.15) is 5.26 Å². The molecule has 0 saturated heterocycles. The summed E-state index contributed by atoms with van der Waals surface area (Å²) in [6.07, 6.45) is 1.47. The number of unbranched alkanes of at least 4 members (excludes halogenated alkanes) is 1. The van der Waals surface area contributed by atoms with Crippen LogP contribution in [0.2, 0.25) is 0 Å². The third-order valence-corrected chi connectivity index (χ3v) is 4.58. The minimum atomic E-state index is -3.30. The van der Waals surface area contributed by atoms with Crippen LogP contribution in [0.1, 0.15) is 31.0 Å². The van der Waals surface area contributed by atoms with Gasteiger partial charge in [0.15, 0.2) is 0 Å². The summed E-state index contributed by atoms with van der Waals surface area (Å²) in [5.41, 5.74) is 2.69. The lowest BCUT2D eigenvalue weighted by Gasteiger charge is -2.07. The minimum Gasteiger partial charge on any atom is -0.346 e. The Kier molecular flexibility index (Phi) is 4.00. The van der Waals surface area contributed by atoms with Crippen molar-refractivity contribution >= 4 is 26.6 Å². The number of nitriles is 1. The Hall–Kier alpha value is -2.00. The highest BCUT2D eigenvalue weighted by atomic mass is 32.2. The number of aromatic nitrogens is 1. The van der Waals surface area contributed by atoms with Crippen molar-refractivity contribution in [3.8, 4) is 6.07 Å². The molecule has 5 nitrogen and oxygen atoms in total. The highest BCUT2D eigenvalue weighted by molar-refractivity contribution is 7.92. The van der Waals surface area contributed by atoms with Gasteiger partial charge < -0.3 is 4.98 Å². The molecular weight excluding hydrogens is 274 g/mol. The molecule has 2 N–H and O–H groups in total. The van der Waals surface area contributed by atoms with Crippen LogP contribution in [0.25, 0.3) is 10.9 Å². The zero-order valence-electron chi connectivity index (χ0n) is 11.5. The number of fused-ring (bicyclic) bond motifs is 1. The van der Waals surface area contributed by atoms with Gasteiger partial charge in [0.1, 0.15) is 11.8 Å². The van der Waals surface area contributed by atoms with Crippen molar-refractivity contribution in [1.29, 1.82) is 5.26 Å². The number of benzene rings is 1. The van der Waals surface area contributed by atoms with Gasteiger partial charge in [-0.3, -0.25) is 4.72 Å². The lowest BCUT2D eigenvalue weighted by atomic mass is 10.1.